The van der Waals surface area contributed by atoms with Crippen molar-refractivity contribution in [2.75, 3.05) is 49.9 Å². The van der Waals surface area contributed by atoms with Crippen molar-refractivity contribution in [3.63, 3.8) is 0 Å². The zero-order valence-electron chi connectivity index (χ0n) is 21.9. The number of fused-ring (bicyclic) bond motifs is 1. The number of hydrogen-bond acceptors (Lipinski definition) is 8. The molecule has 2 unspecified atom stereocenters. The minimum absolute atomic E-state index is 0.0352. The number of benzene rings is 2. The molecule has 0 bridgehead atoms. The maximum absolute atomic E-state index is 13.1. The highest BCUT2D eigenvalue weighted by Gasteiger charge is 2.31. The minimum atomic E-state index is -3.57. The van der Waals surface area contributed by atoms with E-state index in [1.165, 1.54) is 16.1 Å². The molecule has 0 aliphatic carbocycles. The summed E-state index contributed by atoms with van der Waals surface area (Å²) in [5.41, 5.74) is 2.61. The minimum Gasteiger partial charge on any atom is -0.372 e. The van der Waals surface area contributed by atoms with E-state index in [4.69, 9.17) is 14.7 Å². The summed E-state index contributed by atoms with van der Waals surface area (Å²) in [7, 11) is -3.57. The van der Waals surface area contributed by atoms with Crippen LogP contribution in [0.15, 0.2) is 58.5 Å². The van der Waals surface area contributed by atoms with Gasteiger partial charge in [0.25, 0.3) is 0 Å². The Bertz CT molecular complexity index is 1400. The molecule has 2 aromatic carbocycles. The predicted octanol–water partition coefficient (Wildman–Crippen LogP) is 3.18. The largest absolute Gasteiger partial charge is 0.372 e. The molecule has 0 radical (unpaired) electrons. The van der Waals surface area contributed by atoms with Crippen LogP contribution in [-0.4, -0.2) is 90.7 Å². The van der Waals surface area contributed by atoms with Crippen molar-refractivity contribution in [3.05, 3.63) is 54.1 Å². The molecule has 1 aromatic heterocycles. The molecule has 2 aliphatic heterocycles. The second-order valence-electron chi connectivity index (χ2n) is 9.89. The molecule has 2 saturated heterocycles. The first-order valence-corrected chi connectivity index (χ1v) is 15.3. The Morgan fingerprint density at radius 2 is 1.55 bits per heavy atom. The number of piperazine rings is 1. The molecule has 0 N–H and O–H groups in total. The summed E-state index contributed by atoms with van der Waals surface area (Å²) in [6, 6.07) is 14.6. The zero-order chi connectivity index (χ0) is 26.9. The van der Waals surface area contributed by atoms with Crippen LogP contribution in [0.2, 0.25) is 0 Å². The van der Waals surface area contributed by atoms with Crippen molar-refractivity contribution in [3.8, 4) is 0 Å². The number of amides is 1. The number of nitrogens with zero attached hydrogens (tertiary/aromatic N) is 5. The fraction of sp³-hybridized carbons (Fsp3) is 0.444. The van der Waals surface area contributed by atoms with Gasteiger partial charge in [0.15, 0.2) is 5.82 Å². The third kappa shape index (κ3) is 5.80. The fourth-order valence-electron chi connectivity index (χ4n) is 4.89. The fourth-order valence-corrected chi connectivity index (χ4v) is 7.22. The summed E-state index contributed by atoms with van der Waals surface area (Å²) >= 11 is 1.39. The molecule has 5 rings (SSSR count). The van der Waals surface area contributed by atoms with Gasteiger partial charge in [-0.15, -0.1) is 0 Å². The Morgan fingerprint density at radius 3 is 2.18 bits per heavy atom. The number of para-hydroxylation sites is 2. The lowest BCUT2D eigenvalue weighted by Gasteiger charge is -2.36. The first-order chi connectivity index (χ1) is 18.2. The number of thioether (sulfide) groups is 1. The zero-order valence-corrected chi connectivity index (χ0v) is 23.5. The van der Waals surface area contributed by atoms with Gasteiger partial charge in [-0.1, -0.05) is 41.6 Å². The number of sulfonamides is 1. The van der Waals surface area contributed by atoms with E-state index in [1.54, 1.807) is 29.2 Å². The first-order valence-electron chi connectivity index (χ1n) is 12.9. The standard InChI is InChI=1S/C27H33N5O4S2/c1-19-8-10-22(11-9-19)38(34,35)32-14-12-30(13-15-32)25(33)18-37-27-26(31-16-20(2)36-21(3)17-31)28-23-6-4-5-7-24(23)29-27/h4-11,20-21H,12-18H2,1-3H3. The third-order valence-electron chi connectivity index (χ3n) is 6.82. The number of hydrogen-bond donors (Lipinski definition) is 0. The van der Waals surface area contributed by atoms with Crippen molar-refractivity contribution >= 4 is 44.5 Å². The van der Waals surface area contributed by atoms with Crippen LogP contribution in [0, 0.1) is 6.92 Å². The quantitative estimate of drug-likeness (QED) is 0.428. The van der Waals surface area contributed by atoms with Crippen LogP contribution in [-0.2, 0) is 19.6 Å². The molecule has 0 spiro atoms. The Morgan fingerprint density at radius 1 is 0.947 bits per heavy atom. The van der Waals surface area contributed by atoms with E-state index in [0.717, 1.165) is 27.4 Å². The molecular formula is C27H33N5O4S2. The van der Waals surface area contributed by atoms with E-state index in [2.05, 4.69) is 4.90 Å². The van der Waals surface area contributed by atoms with Gasteiger partial charge in [0, 0.05) is 39.3 Å². The van der Waals surface area contributed by atoms with E-state index in [1.807, 2.05) is 45.0 Å². The van der Waals surface area contributed by atoms with Crippen molar-refractivity contribution in [1.82, 2.24) is 19.2 Å². The average molecular weight is 556 g/mol. The summed E-state index contributed by atoms with van der Waals surface area (Å²) in [4.78, 5) is 27.1. The summed E-state index contributed by atoms with van der Waals surface area (Å²) in [6.07, 6.45) is 0.137. The molecule has 9 nitrogen and oxygen atoms in total. The van der Waals surface area contributed by atoms with E-state index < -0.39 is 10.0 Å². The van der Waals surface area contributed by atoms with Crippen molar-refractivity contribution in [2.45, 2.75) is 42.9 Å². The lowest BCUT2D eigenvalue weighted by atomic mass is 10.2. The highest BCUT2D eigenvalue weighted by molar-refractivity contribution is 8.00. The predicted molar refractivity (Wildman–Crippen MR) is 149 cm³/mol. The van der Waals surface area contributed by atoms with E-state index in [9.17, 15) is 13.2 Å². The van der Waals surface area contributed by atoms with Gasteiger partial charge in [0.1, 0.15) is 5.03 Å². The van der Waals surface area contributed by atoms with Gasteiger partial charge in [-0.05, 0) is 45.0 Å². The highest BCUT2D eigenvalue weighted by atomic mass is 32.2. The smallest absolute Gasteiger partial charge is 0.243 e. The van der Waals surface area contributed by atoms with Gasteiger partial charge in [-0.25, -0.2) is 18.4 Å². The van der Waals surface area contributed by atoms with Crippen LogP contribution >= 0.6 is 11.8 Å². The van der Waals surface area contributed by atoms with Crippen LogP contribution < -0.4 is 4.90 Å². The SMILES string of the molecule is Cc1ccc(S(=O)(=O)N2CCN(C(=O)CSc3nc4ccccc4nc3N3CC(C)OC(C)C3)CC2)cc1. The second-order valence-corrected chi connectivity index (χ2v) is 12.8. The Balaban J connectivity index is 1.26. The van der Waals surface area contributed by atoms with Crippen LogP contribution in [0.4, 0.5) is 5.82 Å². The molecule has 2 atom stereocenters. The molecule has 11 heteroatoms. The van der Waals surface area contributed by atoms with Gasteiger partial charge < -0.3 is 14.5 Å². The number of aromatic nitrogens is 2. The highest BCUT2D eigenvalue weighted by Crippen LogP contribution is 2.31. The van der Waals surface area contributed by atoms with Crippen molar-refractivity contribution in [2.24, 2.45) is 0 Å². The number of carbonyl (C=O) groups is 1. The monoisotopic (exact) mass is 555 g/mol. The molecule has 1 amide bonds. The topological polar surface area (TPSA) is 95.9 Å². The third-order valence-corrected chi connectivity index (χ3v) is 9.67. The molecule has 3 aromatic rings. The normalized spacial score (nSPS) is 21.1. The Hall–Kier alpha value is -2.73. The number of aryl methyl sites for hydroxylation is 1. The maximum atomic E-state index is 13.1. The van der Waals surface area contributed by atoms with Gasteiger partial charge in [0.05, 0.1) is 33.9 Å². The molecular weight excluding hydrogens is 522 g/mol. The number of carbonyl (C=O) groups excluding carboxylic acids is 1. The molecule has 3 heterocycles. The van der Waals surface area contributed by atoms with Gasteiger partial charge >= 0.3 is 0 Å². The number of anilines is 1. The van der Waals surface area contributed by atoms with Crippen LogP contribution in [0.1, 0.15) is 19.4 Å². The lowest BCUT2D eigenvalue weighted by Crippen LogP contribution is -2.51. The number of rotatable bonds is 6. The van der Waals surface area contributed by atoms with E-state index in [0.29, 0.717) is 26.2 Å². The summed E-state index contributed by atoms with van der Waals surface area (Å²) in [5.74, 6) is 0.949. The molecule has 2 aliphatic rings. The number of morpholine rings is 1. The van der Waals surface area contributed by atoms with E-state index in [-0.39, 0.29) is 41.9 Å². The Labute approximate surface area is 228 Å². The Kier molecular flexibility index (Phi) is 7.90. The summed E-state index contributed by atoms with van der Waals surface area (Å²) in [5, 5.41) is 0.721. The van der Waals surface area contributed by atoms with Gasteiger partial charge in [-0.3, -0.25) is 4.79 Å². The van der Waals surface area contributed by atoms with E-state index >= 15 is 0 Å². The molecule has 2 fully saturated rings. The van der Waals surface area contributed by atoms with Crippen molar-refractivity contribution in [1.29, 1.82) is 0 Å². The maximum Gasteiger partial charge on any atom is 0.243 e. The first kappa shape index (κ1) is 26.9. The lowest BCUT2D eigenvalue weighted by molar-refractivity contribution is -0.129. The van der Waals surface area contributed by atoms with Gasteiger partial charge in [0.2, 0.25) is 15.9 Å². The van der Waals surface area contributed by atoms with Crippen molar-refractivity contribution < 1.29 is 17.9 Å². The van der Waals surface area contributed by atoms with Crippen LogP contribution in [0.3, 0.4) is 0 Å². The van der Waals surface area contributed by atoms with Gasteiger partial charge in [-0.2, -0.15) is 4.31 Å². The summed E-state index contributed by atoms with van der Waals surface area (Å²) in [6.45, 7) is 8.70. The molecule has 0 saturated carbocycles. The summed E-state index contributed by atoms with van der Waals surface area (Å²) < 4.78 is 33.4. The second kappa shape index (κ2) is 11.2. The van der Waals surface area contributed by atoms with Crippen LogP contribution in [0.5, 0.6) is 0 Å². The number of ether oxygens (including phenoxy) is 1. The molecule has 202 valence electrons. The molecule has 38 heavy (non-hydrogen) atoms. The van der Waals surface area contributed by atoms with Crippen LogP contribution in [0.25, 0.3) is 11.0 Å². The average Bonchev–Trinajstić information content (AvgIpc) is 2.91.